The molecule has 0 heterocycles. The average Bonchev–Trinajstić information content (AvgIpc) is 2.84. The molecule has 36 heavy (non-hydrogen) atoms. The third-order valence-corrected chi connectivity index (χ3v) is 5.63. The molecule has 11 N–H and O–H groups in total. The van der Waals surface area contributed by atoms with Crippen LogP contribution >= 0.6 is 0 Å². The molecule has 12 nitrogen and oxygen atoms in total. The number of unbranched alkanes of at least 4 members (excludes halogenated alkanes) is 2. The van der Waals surface area contributed by atoms with Gasteiger partial charge in [-0.05, 0) is 69.8 Å². The molecule has 0 saturated carbocycles. The van der Waals surface area contributed by atoms with Gasteiger partial charge < -0.3 is 43.4 Å². The van der Waals surface area contributed by atoms with Crippen molar-refractivity contribution in [3.63, 3.8) is 0 Å². The van der Waals surface area contributed by atoms with Crippen LogP contribution in [0.4, 0.5) is 0 Å². The summed E-state index contributed by atoms with van der Waals surface area (Å²) in [6.45, 7) is 2.36. The first-order chi connectivity index (χ1) is 17.1. The number of hydrogen-bond acceptors (Lipinski definition) is 8. The maximum Gasteiger partial charge on any atom is 0.326 e. The summed E-state index contributed by atoms with van der Waals surface area (Å²) in [6, 6.07) is 1.98. The van der Waals surface area contributed by atoms with Crippen molar-refractivity contribution in [1.29, 1.82) is 0 Å². The van der Waals surface area contributed by atoms with Crippen molar-refractivity contribution in [1.82, 2.24) is 16.0 Å². The molecular formula is C24H40N6O6. The zero-order chi connectivity index (χ0) is 27.1. The van der Waals surface area contributed by atoms with Crippen molar-refractivity contribution >= 4 is 23.7 Å². The molecule has 0 saturated heterocycles. The van der Waals surface area contributed by atoms with E-state index < -0.39 is 47.9 Å². The lowest BCUT2D eigenvalue weighted by Gasteiger charge is -2.24. The summed E-state index contributed by atoms with van der Waals surface area (Å²) in [5, 5.41) is 26.6. The van der Waals surface area contributed by atoms with Crippen LogP contribution in [0.2, 0.25) is 0 Å². The fraction of sp³-hybridized carbons (Fsp3) is 0.583. The molecule has 0 aliphatic heterocycles. The highest BCUT2D eigenvalue weighted by atomic mass is 16.4. The molecule has 0 spiro atoms. The van der Waals surface area contributed by atoms with E-state index in [1.807, 2.05) is 0 Å². The molecule has 0 aliphatic rings. The number of benzene rings is 1. The number of rotatable bonds is 17. The summed E-state index contributed by atoms with van der Waals surface area (Å²) in [5.74, 6) is -2.98. The van der Waals surface area contributed by atoms with E-state index in [0.29, 0.717) is 44.3 Å². The van der Waals surface area contributed by atoms with E-state index in [9.17, 15) is 29.4 Å². The van der Waals surface area contributed by atoms with Crippen LogP contribution in [-0.4, -0.2) is 71.2 Å². The van der Waals surface area contributed by atoms with E-state index in [0.717, 1.165) is 6.42 Å². The molecule has 0 aliphatic carbocycles. The minimum Gasteiger partial charge on any atom is -0.508 e. The van der Waals surface area contributed by atoms with Crippen molar-refractivity contribution in [2.24, 2.45) is 17.2 Å². The first kappa shape index (κ1) is 30.8. The number of aromatic hydroxyl groups is 1. The Morgan fingerprint density at radius 3 is 1.92 bits per heavy atom. The second-order valence-electron chi connectivity index (χ2n) is 8.74. The molecular weight excluding hydrogens is 468 g/mol. The number of carboxylic acid groups (broad SMARTS) is 1. The minimum atomic E-state index is -1.20. The van der Waals surface area contributed by atoms with E-state index in [2.05, 4.69) is 16.0 Å². The smallest absolute Gasteiger partial charge is 0.326 e. The van der Waals surface area contributed by atoms with Crippen LogP contribution in [0.25, 0.3) is 0 Å². The number of carbonyl (C=O) groups excluding carboxylic acids is 3. The SMILES string of the molecule is CC(NC(=O)C(N)CCCCN)C(=O)NC(Cc1ccc(O)cc1)C(=O)NC(CCCCN)C(=O)O. The van der Waals surface area contributed by atoms with E-state index in [4.69, 9.17) is 17.2 Å². The summed E-state index contributed by atoms with van der Waals surface area (Å²) in [6.07, 6.45) is 3.17. The van der Waals surface area contributed by atoms with Gasteiger partial charge in [-0.25, -0.2) is 4.79 Å². The van der Waals surface area contributed by atoms with Gasteiger partial charge in [0.1, 0.15) is 23.9 Å². The molecule has 202 valence electrons. The summed E-state index contributed by atoms with van der Waals surface area (Å²) < 4.78 is 0. The van der Waals surface area contributed by atoms with Gasteiger partial charge in [0, 0.05) is 6.42 Å². The Morgan fingerprint density at radius 2 is 1.36 bits per heavy atom. The van der Waals surface area contributed by atoms with Crippen LogP contribution in [0.5, 0.6) is 5.75 Å². The normalized spacial score (nSPS) is 14.2. The van der Waals surface area contributed by atoms with Gasteiger partial charge >= 0.3 is 5.97 Å². The van der Waals surface area contributed by atoms with Crippen molar-refractivity contribution in [2.45, 2.75) is 76.0 Å². The van der Waals surface area contributed by atoms with Gasteiger partial charge in [-0.3, -0.25) is 14.4 Å². The number of phenols is 1. The lowest BCUT2D eigenvalue weighted by Crippen LogP contribution is -2.56. The third-order valence-electron chi connectivity index (χ3n) is 5.63. The lowest BCUT2D eigenvalue weighted by molar-refractivity contribution is -0.142. The maximum atomic E-state index is 13.0. The van der Waals surface area contributed by atoms with Gasteiger partial charge in [0.05, 0.1) is 6.04 Å². The van der Waals surface area contributed by atoms with Crippen LogP contribution in [0.15, 0.2) is 24.3 Å². The Kier molecular flexibility index (Phi) is 14.1. The Bertz CT molecular complexity index is 850. The number of carboxylic acids is 1. The van der Waals surface area contributed by atoms with E-state index in [-0.39, 0.29) is 18.6 Å². The molecule has 0 fully saturated rings. The number of phenolic OH excluding ortho intramolecular Hbond substituents is 1. The summed E-state index contributed by atoms with van der Waals surface area (Å²) >= 11 is 0. The average molecular weight is 509 g/mol. The summed E-state index contributed by atoms with van der Waals surface area (Å²) in [5.41, 5.74) is 17.4. The largest absolute Gasteiger partial charge is 0.508 e. The zero-order valence-corrected chi connectivity index (χ0v) is 20.7. The highest BCUT2D eigenvalue weighted by molar-refractivity contribution is 5.94. The predicted octanol–water partition coefficient (Wildman–Crippen LogP) is -0.921. The fourth-order valence-corrected chi connectivity index (χ4v) is 3.42. The first-order valence-electron chi connectivity index (χ1n) is 12.2. The topological polar surface area (TPSA) is 223 Å². The van der Waals surface area contributed by atoms with Crippen LogP contribution in [0.1, 0.15) is 51.0 Å². The number of nitrogens with two attached hydrogens (primary N) is 3. The molecule has 4 atom stereocenters. The van der Waals surface area contributed by atoms with Gasteiger partial charge in [-0.1, -0.05) is 18.6 Å². The number of amides is 3. The Morgan fingerprint density at radius 1 is 0.806 bits per heavy atom. The highest BCUT2D eigenvalue weighted by Gasteiger charge is 2.29. The molecule has 12 heteroatoms. The van der Waals surface area contributed by atoms with Crippen molar-refractivity contribution in [3.8, 4) is 5.75 Å². The van der Waals surface area contributed by atoms with Gasteiger partial charge in [0.2, 0.25) is 17.7 Å². The third kappa shape index (κ3) is 11.5. The second-order valence-corrected chi connectivity index (χ2v) is 8.74. The molecule has 0 radical (unpaired) electrons. The Hall–Kier alpha value is -3.22. The lowest BCUT2D eigenvalue weighted by atomic mass is 10.0. The zero-order valence-electron chi connectivity index (χ0n) is 20.7. The summed E-state index contributed by atoms with van der Waals surface area (Å²) in [7, 11) is 0. The number of aliphatic carboxylic acids is 1. The van der Waals surface area contributed by atoms with Crippen molar-refractivity contribution < 1.29 is 29.4 Å². The van der Waals surface area contributed by atoms with Crippen molar-refractivity contribution in [2.75, 3.05) is 13.1 Å². The summed E-state index contributed by atoms with van der Waals surface area (Å²) in [4.78, 5) is 49.8. The standard InChI is InChI=1S/C24H40N6O6/c1-15(28-22(33)18(27)6-2-4-12-25)21(32)30-20(14-16-8-10-17(31)11-9-16)23(34)29-19(24(35)36)7-3-5-13-26/h8-11,15,18-20,31H,2-7,12-14,25-27H2,1H3,(H,28,33)(H,29,34)(H,30,32)(H,35,36). The van der Waals surface area contributed by atoms with Gasteiger partial charge in [-0.2, -0.15) is 0 Å². The minimum absolute atomic E-state index is 0.0340. The maximum absolute atomic E-state index is 13.0. The number of hydrogen-bond donors (Lipinski definition) is 8. The van der Waals surface area contributed by atoms with E-state index >= 15 is 0 Å². The Labute approximate surface area is 211 Å². The second kappa shape index (κ2) is 16.5. The molecule has 1 rings (SSSR count). The van der Waals surface area contributed by atoms with Crippen molar-refractivity contribution in [3.05, 3.63) is 29.8 Å². The molecule has 0 aromatic heterocycles. The molecule has 1 aromatic rings. The van der Waals surface area contributed by atoms with E-state index in [1.165, 1.54) is 19.1 Å². The highest BCUT2D eigenvalue weighted by Crippen LogP contribution is 2.12. The van der Waals surface area contributed by atoms with Crippen LogP contribution in [0.3, 0.4) is 0 Å². The van der Waals surface area contributed by atoms with Gasteiger partial charge in [0.25, 0.3) is 0 Å². The number of carbonyl (C=O) groups is 4. The molecule has 0 bridgehead atoms. The van der Waals surface area contributed by atoms with Crippen LogP contribution in [0, 0.1) is 0 Å². The van der Waals surface area contributed by atoms with E-state index in [1.54, 1.807) is 12.1 Å². The predicted molar refractivity (Wildman–Crippen MR) is 135 cm³/mol. The quantitative estimate of drug-likeness (QED) is 0.122. The van der Waals surface area contributed by atoms with Crippen LogP contribution in [-0.2, 0) is 25.6 Å². The van der Waals surface area contributed by atoms with Gasteiger partial charge in [0.15, 0.2) is 0 Å². The molecule has 1 aromatic carbocycles. The first-order valence-corrected chi connectivity index (χ1v) is 12.2. The monoisotopic (exact) mass is 508 g/mol. The van der Waals surface area contributed by atoms with Crippen LogP contribution < -0.4 is 33.2 Å². The number of nitrogens with one attached hydrogen (secondary N) is 3. The Balaban J connectivity index is 2.90. The van der Waals surface area contributed by atoms with Gasteiger partial charge in [-0.15, -0.1) is 0 Å². The molecule has 3 amide bonds. The molecule has 4 unspecified atom stereocenters. The fourth-order valence-electron chi connectivity index (χ4n) is 3.42.